The Morgan fingerprint density at radius 1 is 1.17 bits per heavy atom. The highest BCUT2D eigenvalue weighted by atomic mass is 16.2. The summed E-state index contributed by atoms with van der Waals surface area (Å²) < 4.78 is 0. The number of aryl methyl sites for hydroxylation is 1. The molecule has 126 valence electrons. The third-order valence-electron chi connectivity index (χ3n) is 5.22. The Morgan fingerprint density at radius 2 is 1.91 bits per heavy atom. The molecule has 2 N–H and O–H groups in total. The first-order valence-electron chi connectivity index (χ1n) is 8.94. The number of carbonyl (C=O) groups excluding carboxylic acids is 1. The van der Waals surface area contributed by atoms with Crippen LogP contribution in [0.1, 0.15) is 50.5 Å². The number of hydrogen-bond donors (Lipinski definition) is 2. The van der Waals surface area contributed by atoms with Crippen LogP contribution in [0.25, 0.3) is 0 Å². The fraction of sp³-hybridized carbons (Fsp3) is 0.667. The summed E-state index contributed by atoms with van der Waals surface area (Å²) in [6.45, 7) is 4.18. The van der Waals surface area contributed by atoms with Crippen LogP contribution in [-0.2, 0) is 0 Å². The lowest BCUT2D eigenvalue weighted by molar-refractivity contribution is 0.117. The molecule has 1 aromatic rings. The van der Waals surface area contributed by atoms with Crippen LogP contribution >= 0.6 is 0 Å². The molecule has 0 spiro atoms. The molecule has 5 heteroatoms. The molecule has 2 heterocycles. The molecule has 2 amide bonds. The van der Waals surface area contributed by atoms with E-state index in [-0.39, 0.29) is 12.1 Å². The highest BCUT2D eigenvalue weighted by Crippen LogP contribution is 2.25. The van der Waals surface area contributed by atoms with Gasteiger partial charge in [-0.3, -0.25) is 4.98 Å². The molecule has 1 saturated heterocycles. The fourth-order valence-electron chi connectivity index (χ4n) is 3.81. The average molecular weight is 316 g/mol. The molecule has 1 aromatic heterocycles. The second-order valence-electron chi connectivity index (χ2n) is 6.89. The normalized spacial score (nSPS) is 21.1. The minimum atomic E-state index is -0.101. The van der Waals surface area contributed by atoms with Gasteiger partial charge in [-0.1, -0.05) is 19.3 Å². The van der Waals surface area contributed by atoms with Crippen LogP contribution < -0.4 is 10.6 Å². The van der Waals surface area contributed by atoms with Gasteiger partial charge in [-0.25, -0.2) is 4.79 Å². The molecule has 5 nitrogen and oxygen atoms in total. The topological polar surface area (TPSA) is 57.3 Å². The number of likely N-dealkylation sites (tertiary alicyclic amines) is 1. The summed E-state index contributed by atoms with van der Waals surface area (Å²) in [5.74, 6) is 0. The van der Waals surface area contributed by atoms with Gasteiger partial charge in [0.25, 0.3) is 0 Å². The smallest absolute Gasteiger partial charge is 0.319 e. The zero-order valence-corrected chi connectivity index (χ0v) is 14.1. The Morgan fingerprint density at radius 3 is 2.61 bits per heavy atom. The summed E-state index contributed by atoms with van der Waals surface area (Å²) in [6.07, 6.45) is 12.5. The lowest BCUT2D eigenvalue weighted by Gasteiger charge is -2.39. The number of carbonyl (C=O) groups is 1. The second kappa shape index (κ2) is 7.77. The van der Waals surface area contributed by atoms with E-state index in [1.807, 2.05) is 13.0 Å². The van der Waals surface area contributed by atoms with Crippen LogP contribution in [0, 0.1) is 6.92 Å². The van der Waals surface area contributed by atoms with E-state index in [1.54, 1.807) is 12.4 Å². The van der Waals surface area contributed by atoms with Crippen LogP contribution in [0.15, 0.2) is 18.5 Å². The molecule has 23 heavy (non-hydrogen) atoms. The zero-order chi connectivity index (χ0) is 16.1. The Bertz CT molecular complexity index is 520. The summed E-state index contributed by atoms with van der Waals surface area (Å²) in [5, 5.41) is 6.05. The largest absolute Gasteiger partial charge is 0.335 e. The van der Waals surface area contributed by atoms with Gasteiger partial charge >= 0.3 is 6.03 Å². The molecule has 2 fully saturated rings. The zero-order valence-electron chi connectivity index (χ0n) is 14.1. The van der Waals surface area contributed by atoms with Gasteiger partial charge in [0.2, 0.25) is 0 Å². The summed E-state index contributed by atoms with van der Waals surface area (Å²) >= 11 is 0. The predicted molar refractivity (Wildman–Crippen MR) is 92.6 cm³/mol. The first-order chi connectivity index (χ1) is 11.2. The molecule has 3 rings (SSSR count). The van der Waals surface area contributed by atoms with Crippen molar-refractivity contribution < 1.29 is 4.79 Å². The van der Waals surface area contributed by atoms with Crippen LogP contribution in [0.3, 0.4) is 0 Å². The lowest BCUT2D eigenvalue weighted by Crippen LogP contribution is -2.49. The number of nitrogens with one attached hydrogen (secondary N) is 2. The molecule has 0 aromatic carbocycles. The molecule has 1 saturated carbocycles. The maximum Gasteiger partial charge on any atom is 0.319 e. The Balaban J connectivity index is 1.43. The number of pyridine rings is 1. The molecule has 2 aliphatic rings. The summed E-state index contributed by atoms with van der Waals surface area (Å²) in [7, 11) is 0. The van der Waals surface area contributed by atoms with E-state index in [0.29, 0.717) is 0 Å². The number of anilines is 1. The van der Waals surface area contributed by atoms with E-state index in [0.717, 1.165) is 43.2 Å². The van der Waals surface area contributed by atoms with E-state index in [2.05, 4.69) is 20.5 Å². The first kappa shape index (κ1) is 16.2. The monoisotopic (exact) mass is 316 g/mol. The summed E-state index contributed by atoms with van der Waals surface area (Å²) in [4.78, 5) is 18.8. The molecular weight excluding hydrogens is 288 g/mol. The molecule has 0 unspecified atom stereocenters. The molecule has 0 bridgehead atoms. The van der Waals surface area contributed by atoms with Crippen LogP contribution in [-0.4, -0.2) is 41.1 Å². The van der Waals surface area contributed by atoms with Crippen LogP contribution in [0.4, 0.5) is 10.5 Å². The number of nitrogens with zero attached hydrogens (tertiary/aromatic N) is 2. The number of amides is 2. The van der Waals surface area contributed by atoms with Gasteiger partial charge in [-0.2, -0.15) is 0 Å². The minimum absolute atomic E-state index is 0.101. The Labute approximate surface area is 138 Å². The maximum atomic E-state index is 12.2. The Kier molecular flexibility index (Phi) is 5.49. The van der Waals surface area contributed by atoms with Crippen molar-refractivity contribution in [2.24, 2.45) is 0 Å². The quantitative estimate of drug-likeness (QED) is 0.899. The molecular formula is C18H28N4O. The van der Waals surface area contributed by atoms with E-state index >= 15 is 0 Å². The van der Waals surface area contributed by atoms with E-state index in [1.165, 1.54) is 32.1 Å². The highest BCUT2D eigenvalue weighted by Gasteiger charge is 2.26. The first-order valence-corrected chi connectivity index (χ1v) is 8.94. The third kappa shape index (κ3) is 4.44. The SMILES string of the molecule is Cc1cnccc1NC(=O)NC1CCN(C2CCCCC2)CC1. The lowest BCUT2D eigenvalue weighted by atomic mass is 9.92. The molecule has 1 aliphatic heterocycles. The summed E-state index contributed by atoms with van der Waals surface area (Å²) in [6, 6.07) is 2.81. The number of hydrogen-bond acceptors (Lipinski definition) is 3. The van der Waals surface area contributed by atoms with Crippen molar-refractivity contribution in [1.29, 1.82) is 0 Å². The van der Waals surface area contributed by atoms with Crippen molar-refractivity contribution in [3.8, 4) is 0 Å². The van der Waals surface area contributed by atoms with Crippen molar-refractivity contribution in [2.45, 2.75) is 64.0 Å². The van der Waals surface area contributed by atoms with E-state index < -0.39 is 0 Å². The van der Waals surface area contributed by atoms with Gasteiger partial charge in [0, 0.05) is 43.3 Å². The summed E-state index contributed by atoms with van der Waals surface area (Å²) in [5.41, 5.74) is 1.81. The van der Waals surface area contributed by atoms with Crippen molar-refractivity contribution in [1.82, 2.24) is 15.2 Å². The third-order valence-corrected chi connectivity index (χ3v) is 5.22. The minimum Gasteiger partial charge on any atom is -0.335 e. The van der Waals surface area contributed by atoms with Crippen LogP contribution in [0.2, 0.25) is 0 Å². The van der Waals surface area contributed by atoms with Crippen molar-refractivity contribution in [3.63, 3.8) is 0 Å². The van der Waals surface area contributed by atoms with Gasteiger partial charge < -0.3 is 15.5 Å². The number of piperidine rings is 1. The van der Waals surface area contributed by atoms with Gasteiger partial charge in [0.05, 0.1) is 0 Å². The Hall–Kier alpha value is -1.62. The van der Waals surface area contributed by atoms with Gasteiger partial charge in [-0.15, -0.1) is 0 Å². The average Bonchev–Trinajstić information content (AvgIpc) is 2.58. The molecule has 0 atom stereocenters. The number of urea groups is 1. The van der Waals surface area contributed by atoms with Gasteiger partial charge in [-0.05, 0) is 44.2 Å². The predicted octanol–water partition coefficient (Wildman–Crippen LogP) is 3.31. The van der Waals surface area contributed by atoms with E-state index in [9.17, 15) is 4.79 Å². The maximum absolute atomic E-state index is 12.2. The van der Waals surface area contributed by atoms with Crippen molar-refractivity contribution in [3.05, 3.63) is 24.0 Å². The van der Waals surface area contributed by atoms with Gasteiger partial charge in [0.1, 0.15) is 0 Å². The molecule has 1 aliphatic carbocycles. The van der Waals surface area contributed by atoms with Gasteiger partial charge in [0.15, 0.2) is 0 Å². The van der Waals surface area contributed by atoms with Crippen molar-refractivity contribution in [2.75, 3.05) is 18.4 Å². The van der Waals surface area contributed by atoms with Crippen molar-refractivity contribution >= 4 is 11.7 Å². The second-order valence-corrected chi connectivity index (χ2v) is 6.89. The fourth-order valence-corrected chi connectivity index (χ4v) is 3.81. The number of rotatable bonds is 3. The van der Waals surface area contributed by atoms with Crippen LogP contribution in [0.5, 0.6) is 0 Å². The number of aromatic nitrogens is 1. The highest BCUT2D eigenvalue weighted by molar-refractivity contribution is 5.90. The standard InChI is InChI=1S/C18H28N4O/c1-14-13-19-10-7-17(14)21-18(23)20-15-8-11-22(12-9-15)16-5-3-2-4-6-16/h7,10,13,15-16H,2-6,8-9,11-12H2,1H3,(H2,19,20,21,23). The van der Waals surface area contributed by atoms with E-state index in [4.69, 9.17) is 0 Å². The molecule has 0 radical (unpaired) electrons.